The van der Waals surface area contributed by atoms with Gasteiger partial charge < -0.3 is 20.4 Å². The number of imidazole rings is 1. The number of esters is 1. The lowest BCUT2D eigenvalue weighted by molar-refractivity contribution is -0.136. The molecule has 0 unspecified atom stereocenters. The summed E-state index contributed by atoms with van der Waals surface area (Å²) in [6.07, 6.45) is 0. The molecule has 9 heteroatoms. The zero-order chi connectivity index (χ0) is 20.4. The summed E-state index contributed by atoms with van der Waals surface area (Å²) in [5, 5.41) is 6.05. The second-order valence-electron chi connectivity index (χ2n) is 6.31. The van der Waals surface area contributed by atoms with Crippen molar-refractivity contribution in [1.82, 2.24) is 20.6 Å². The first-order valence-corrected chi connectivity index (χ1v) is 9.75. The van der Waals surface area contributed by atoms with Crippen LogP contribution in [0.4, 0.5) is 9.18 Å². The number of aromatic nitrogens is 2. The zero-order valence-corrected chi connectivity index (χ0v) is 16.2. The van der Waals surface area contributed by atoms with Crippen molar-refractivity contribution in [1.29, 1.82) is 0 Å². The molecule has 0 bridgehead atoms. The number of H-pyrrole nitrogens is 1. The Balaban J connectivity index is 1.66. The Labute approximate surface area is 169 Å². The van der Waals surface area contributed by atoms with Crippen LogP contribution in [0.15, 0.2) is 65.0 Å². The third kappa shape index (κ3) is 3.95. The fraction of sp³-hybridized carbons (Fsp3) is 0.150. The van der Waals surface area contributed by atoms with Crippen LogP contribution in [0.25, 0.3) is 11.0 Å². The number of hydrogen-bond donors (Lipinski definition) is 3. The van der Waals surface area contributed by atoms with Gasteiger partial charge >= 0.3 is 12.0 Å². The van der Waals surface area contributed by atoms with E-state index in [9.17, 15) is 14.0 Å². The highest BCUT2D eigenvalue weighted by Gasteiger charge is 2.33. The van der Waals surface area contributed by atoms with E-state index in [0.717, 1.165) is 11.0 Å². The highest BCUT2D eigenvalue weighted by Crippen LogP contribution is 2.30. The van der Waals surface area contributed by atoms with E-state index >= 15 is 0 Å². The van der Waals surface area contributed by atoms with E-state index in [1.54, 1.807) is 0 Å². The first-order valence-electron chi connectivity index (χ1n) is 8.77. The molecule has 0 spiro atoms. The Bertz CT molecular complexity index is 1080. The Kier molecular flexibility index (Phi) is 5.22. The standard InChI is InChI=1S/C20H17FN4O3S/c1-28-18(26)16-15(10-29-20-23-13-4-2-3-5-14(13)24-20)22-19(27)25-17(16)11-6-8-12(21)9-7-11/h2-9,17H,10H2,1H3,(H,23,24)(H2,22,25,27)/t17-/m1/s1. The lowest BCUT2D eigenvalue weighted by Gasteiger charge is -2.29. The van der Waals surface area contributed by atoms with Crippen molar-refractivity contribution < 1.29 is 18.7 Å². The lowest BCUT2D eigenvalue weighted by Crippen LogP contribution is -2.46. The number of amides is 2. The molecule has 0 radical (unpaired) electrons. The molecule has 1 aliphatic heterocycles. The van der Waals surface area contributed by atoms with Crippen LogP contribution in [0.5, 0.6) is 0 Å². The van der Waals surface area contributed by atoms with Crippen LogP contribution in [-0.2, 0) is 9.53 Å². The van der Waals surface area contributed by atoms with Gasteiger partial charge in [0.1, 0.15) is 5.82 Å². The molecule has 0 saturated heterocycles. The molecular formula is C20H17FN4O3S. The van der Waals surface area contributed by atoms with Gasteiger partial charge in [0, 0.05) is 11.4 Å². The summed E-state index contributed by atoms with van der Waals surface area (Å²) in [4.78, 5) is 32.4. The largest absolute Gasteiger partial charge is 0.466 e. The molecule has 4 rings (SSSR count). The third-order valence-electron chi connectivity index (χ3n) is 4.48. The van der Waals surface area contributed by atoms with Crippen molar-refractivity contribution in [3.05, 3.63) is 71.2 Å². The number of thioether (sulfide) groups is 1. The number of carbonyl (C=O) groups is 2. The highest BCUT2D eigenvalue weighted by atomic mass is 32.2. The molecule has 3 N–H and O–H groups in total. The Morgan fingerprint density at radius 3 is 2.69 bits per heavy atom. The van der Waals surface area contributed by atoms with E-state index in [1.807, 2.05) is 24.3 Å². The molecule has 1 aliphatic rings. The van der Waals surface area contributed by atoms with Crippen LogP contribution < -0.4 is 10.6 Å². The minimum absolute atomic E-state index is 0.266. The number of nitrogens with zero attached hydrogens (tertiary/aromatic N) is 1. The molecule has 0 aliphatic carbocycles. The fourth-order valence-electron chi connectivity index (χ4n) is 3.13. The summed E-state index contributed by atoms with van der Waals surface area (Å²) in [6, 6.07) is 12.0. The number of urea groups is 1. The van der Waals surface area contributed by atoms with Gasteiger partial charge in [0.15, 0.2) is 5.16 Å². The lowest BCUT2D eigenvalue weighted by atomic mass is 9.95. The summed E-state index contributed by atoms with van der Waals surface area (Å²) in [5.74, 6) is -0.694. The van der Waals surface area contributed by atoms with Gasteiger partial charge in [-0.1, -0.05) is 36.0 Å². The SMILES string of the molecule is COC(=O)C1=C(CSc2nc3ccccc3[nH]2)NC(=O)N[C@@H]1c1ccc(F)cc1. The first-order chi connectivity index (χ1) is 14.0. The molecular weight excluding hydrogens is 395 g/mol. The summed E-state index contributed by atoms with van der Waals surface area (Å²) >= 11 is 1.35. The second-order valence-corrected chi connectivity index (χ2v) is 7.28. The minimum Gasteiger partial charge on any atom is -0.466 e. The maximum Gasteiger partial charge on any atom is 0.338 e. The predicted molar refractivity (Wildman–Crippen MR) is 107 cm³/mol. The van der Waals surface area contributed by atoms with Gasteiger partial charge in [-0.3, -0.25) is 0 Å². The molecule has 1 atom stereocenters. The van der Waals surface area contributed by atoms with Gasteiger partial charge in [-0.15, -0.1) is 0 Å². The molecule has 7 nitrogen and oxygen atoms in total. The van der Waals surface area contributed by atoms with Crippen molar-refractivity contribution >= 4 is 34.8 Å². The molecule has 29 heavy (non-hydrogen) atoms. The molecule has 0 saturated carbocycles. The number of fused-ring (bicyclic) bond motifs is 1. The van der Waals surface area contributed by atoms with Gasteiger partial charge in [-0.25, -0.2) is 19.0 Å². The van der Waals surface area contributed by atoms with E-state index in [4.69, 9.17) is 4.74 Å². The quantitative estimate of drug-likeness (QED) is 0.442. The number of aromatic amines is 1. The van der Waals surface area contributed by atoms with Gasteiger partial charge in [0.25, 0.3) is 0 Å². The number of rotatable bonds is 5. The van der Waals surface area contributed by atoms with Crippen molar-refractivity contribution in [2.75, 3.05) is 12.9 Å². The normalized spacial score (nSPS) is 16.5. The van der Waals surface area contributed by atoms with Crippen LogP contribution in [0.3, 0.4) is 0 Å². The molecule has 2 heterocycles. The Morgan fingerprint density at radius 2 is 1.97 bits per heavy atom. The van der Waals surface area contributed by atoms with Crippen LogP contribution in [-0.4, -0.2) is 34.8 Å². The van der Waals surface area contributed by atoms with Crippen LogP contribution in [0, 0.1) is 5.82 Å². The number of methoxy groups -OCH3 is 1. The average molecular weight is 412 g/mol. The van der Waals surface area contributed by atoms with E-state index in [0.29, 0.717) is 16.4 Å². The number of carbonyl (C=O) groups excluding carboxylic acids is 2. The van der Waals surface area contributed by atoms with Crippen molar-refractivity contribution in [3.8, 4) is 0 Å². The molecule has 148 valence electrons. The number of nitrogens with one attached hydrogen (secondary N) is 3. The van der Waals surface area contributed by atoms with Crippen molar-refractivity contribution in [2.45, 2.75) is 11.2 Å². The summed E-state index contributed by atoms with van der Waals surface area (Å²) in [5.41, 5.74) is 2.99. The number of hydrogen-bond acceptors (Lipinski definition) is 5. The topological polar surface area (TPSA) is 96.1 Å². The number of halogens is 1. The van der Waals surface area contributed by atoms with Crippen LogP contribution >= 0.6 is 11.8 Å². The summed E-state index contributed by atoms with van der Waals surface area (Å²) in [7, 11) is 1.28. The van der Waals surface area contributed by atoms with Gasteiger partial charge in [0.2, 0.25) is 0 Å². The predicted octanol–water partition coefficient (Wildman–Crippen LogP) is 3.28. The fourth-order valence-corrected chi connectivity index (χ4v) is 3.98. The molecule has 1 aromatic heterocycles. The summed E-state index contributed by atoms with van der Waals surface area (Å²) in [6.45, 7) is 0. The van der Waals surface area contributed by atoms with Gasteiger partial charge in [-0.05, 0) is 29.8 Å². The monoisotopic (exact) mass is 412 g/mol. The maximum absolute atomic E-state index is 13.3. The average Bonchev–Trinajstić information content (AvgIpc) is 3.15. The minimum atomic E-state index is -0.747. The summed E-state index contributed by atoms with van der Waals surface area (Å²) < 4.78 is 18.2. The van der Waals surface area contributed by atoms with E-state index in [1.165, 1.54) is 43.1 Å². The van der Waals surface area contributed by atoms with E-state index in [-0.39, 0.29) is 11.3 Å². The van der Waals surface area contributed by atoms with Crippen LogP contribution in [0.1, 0.15) is 11.6 Å². The molecule has 2 amide bonds. The molecule has 2 aromatic carbocycles. The number of para-hydroxylation sites is 2. The van der Waals surface area contributed by atoms with Crippen molar-refractivity contribution in [2.24, 2.45) is 0 Å². The first kappa shape index (κ1) is 19.0. The Morgan fingerprint density at radius 1 is 1.21 bits per heavy atom. The molecule has 3 aromatic rings. The van der Waals surface area contributed by atoms with Crippen molar-refractivity contribution in [3.63, 3.8) is 0 Å². The highest BCUT2D eigenvalue weighted by molar-refractivity contribution is 7.99. The smallest absolute Gasteiger partial charge is 0.338 e. The molecule has 0 fully saturated rings. The second kappa shape index (κ2) is 7.96. The zero-order valence-electron chi connectivity index (χ0n) is 15.4. The number of ether oxygens (including phenoxy) is 1. The van der Waals surface area contributed by atoms with Gasteiger partial charge in [-0.2, -0.15) is 0 Å². The van der Waals surface area contributed by atoms with Crippen LogP contribution in [0.2, 0.25) is 0 Å². The third-order valence-corrected chi connectivity index (χ3v) is 5.38. The van der Waals surface area contributed by atoms with E-state index < -0.39 is 23.9 Å². The number of benzene rings is 2. The maximum atomic E-state index is 13.3. The Hall–Kier alpha value is -3.33. The van der Waals surface area contributed by atoms with Gasteiger partial charge in [0.05, 0.1) is 29.8 Å². The van der Waals surface area contributed by atoms with E-state index in [2.05, 4.69) is 20.6 Å².